The van der Waals surface area contributed by atoms with Crippen LogP contribution >= 0.6 is 0 Å². The van der Waals surface area contributed by atoms with Gasteiger partial charge in [-0.2, -0.15) is 0 Å². The molecule has 1 saturated carbocycles. The highest BCUT2D eigenvalue weighted by Crippen LogP contribution is 2.46. The summed E-state index contributed by atoms with van der Waals surface area (Å²) in [5.74, 6) is 0.544. The van der Waals surface area contributed by atoms with Crippen LogP contribution in [0.4, 0.5) is 10.5 Å². The summed E-state index contributed by atoms with van der Waals surface area (Å²) in [5.41, 5.74) is -0.484. The Labute approximate surface area is 170 Å². The van der Waals surface area contributed by atoms with E-state index in [2.05, 4.69) is 31.4 Å². The summed E-state index contributed by atoms with van der Waals surface area (Å²) < 4.78 is 10.4. The Hall–Kier alpha value is -2.77. The molecule has 2 atom stereocenters. The average Bonchev–Trinajstić information content (AvgIpc) is 2.83. The van der Waals surface area contributed by atoms with Crippen LogP contribution in [-0.2, 0) is 9.59 Å². The summed E-state index contributed by atoms with van der Waals surface area (Å²) in [5, 5.41) is 5.58. The highest BCUT2D eigenvalue weighted by Gasteiger charge is 2.56. The van der Waals surface area contributed by atoms with Crippen molar-refractivity contribution in [1.82, 2.24) is 10.2 Å². The molecule has 2 unspecified atom stereocenters. The highest BCUT2D eigenvalue weighted by atomic mass is 16.5. The van der Waals surface area contributed by atoms with Crippen LogP contribution in [0.15, 0.2) is 18.2 Å². The van der Waals surface area contributed by atoms with Gasteiger partial charge in [-0.15, -0.1) is 0 Å². The number of ether oxygens (including phenoxy) is 2. The molecule has 1 heterocycles. The molecule has 1 aromatic carbocycles. The molecule has 1 saturated heterocycles. The van der Waals surface area contributed by atoms with E-state index in [9.17, 15) is 14.4 Å². The van der Waals surface area contributed by atoms with Gasteiger partial charge < -0.3 is 20.1 Å². The number of anilines is 1. The fourth-order valence-corrected chi connectivity index (χ4v) is 4.91. The third-order valence-electron chi connectivity index (χ3n) is 5.59. The lowest BCUT2D eigenvalue weighted by atomic mass is 9.64. The zero-order valence-electron chi connectivity index (χ0n) is 17.6. The Morgan fingerprint density at radius 2 is 1.90 bits per heavy atom. The minimum atomic E-state index is -0.915. The molecule has 2 aliphatic rings. The predicted octanol–water partition coefficient (Wildman–Crippen LogP) is 2.78. The third-order valence-corrected chi connectivity index (χ3v) is 5.59. The van der Waals surface area contributed by atoms with Crippen molar-refractivity contribution in [2.75, 3.05) is 26.1 Å². The first-order valence-electron chi connectivity index (χ1n) is 9.75. The van der Waals surface area contributed by atoms with Gasteiger partial charge in [0, 0.05) is 11.8 Å². The van der Waals surface area contributed by atoms with Crippen molar-refractivity contribution >= 4 is 23.5 Å². The number of urea groups is 1. The Balaban J connectivity index is 1.71. The number of rotatable bonds is 5. The van der Waals surface area contributed by atoms with E-state index in [-0.39, 0.29) is 17.9 Å². The van der Waals surface area contributed by atoms with Gasteiger partial charge in [0.25, 0.3) is 5.91 Å². The SMILES string of the molecule is COc1ccc(NC(=O)CN2C(=O)NC3(CC(C)CC(C)(C)C3)C2=O)cc1OC. The normalized spacial score (nSPS) is 25.7. The van der Waals surface area contributed by atoms with Gasteiger partial charge in [-0.1, -0.05) is 20.8 Å². The van der Waals surface area contributed by atoms with Crippen LogP contribution in [-0.4, -0.2) is 49.0 Å². The molecule has 0 aromatic heterocycles. The summed E-state index contributed by atoms with van der Waals surface area (Å²) in [6.07, 6.45) is 2.16. The zero-order valence-corrected chi connectivity index (χ0v) is 17.6. The van der Waals surface area contributed by atoms with Crippen LogP contribution < -0.4 is 20.1 Å². The minimum absolute atomic E-state index is 0.0570. The Morgan fingerprint density at radius 1 is 1.21 bits per heavy atom. The number of benzene rings is 1. The topological polar surface area (TPSA) is 97.0 Å². The third kappa shape index (κ3) is 4.16. The van der Waals surface area contributed by atoms with Crippen molar-refractivity contribution < 1.29 is 23.9 Å². The summed E-state index contributed by atoms with van der Waals surface area (Å²) in [4.78, 5) is 39.2. The van der Waals surface area contributed by atoms with Crippen LogP contribution in [0, 0.1) is 11.3 Å². The van der Waals surface area contributed by atoms with Crippen molar-refractivity contribution in [3.05, 3.63) is 18.2 Å². The van der Waals surface area contributed by atoms with Gasteiger partial charge in [0.1, 0.15) is 12.1 Å². The zero-order chi connectivity index (χ0) is 21.4. The first-order valence-corrected chi connectivity index (χ1v) is 9.75. The maximum atomic E-state index is 13.1. The van der Waals surface area contributed by atoms with E-state index < -0.39 is 17.5 Å². The van der Waals surface area contributed by atoms with Gasteiger partial charge in [-0.25, -0.2) is 4.79 Å². The molecule has 29 heavy (non-hydrogen) atoms. The van der Waals surface area contributed by atoms with Gasteiger partial charge in [0.2, 0.25) is 5.91 Å². The van der Waals surface area contributed by atoms with Crippen LogP contribution in [0.3, 0.4) is 0 Å². The standard InChI is InChI=1S/C21H29N3O5/c1-13-9-20(2,3)12-21(10-13)18(26)24(19(27)23-21)11-17(25)22-14-6-7-15(28-4)16(8-14)29-5/h6-8,13H,9-12H2,1-5H3,(H,22,25)(H,23,27). The minimum Gasteiger partial charge on any atom is -0.493 e. The maximum Gasteiger partial charge on any atom is 0.325 e. The lowest BCUT2D eigenvalue weighted by Crippen LogP contribution is -2.54. The second kappa shape index (κ2) is 7.57. The summed E-state index contributed by atoms with van der Waals surface area (Å²) in [6.45, 7) is 5.97. The fraction of sp³-hybridized carbons (Fsp3) is 0.571. The van der Waals surface area contributed by atoms with Gasteiger partial charge in [-0.05, 0) is 42.7 Å². The maximum absolute atomic E-state index is 13.1. The van der Waals surface area contributed by atoms with E-state index in [1.165, 1.54) is 14.2 Å². The molecule has 0 bridgehead atoms. The second-order valence-electron chi connectivity index (χ2n) is 8.88. The number of carbonyl (C=O) groups is 3. The second-order valence-corrected chi connectivity index (χ2v) is 8.88. The van der Waals surface area contributed by atoms with Crippen LogP contribution in [0.25, 0.3) is 0 Å². The van der Waals surface area contributed by atoms with Gasteiger partial charge in [-0.3, -0.25) is 14.5 Å². The predicted molar refractivity (Wildman–Crippen MR) is 108 cm³/mol. The van der Waals surface area contributed by atoms with Crippen LogP contribution in [0.2, 0.25) is 0 Å². The molecule has 2 fully saturated rings. The van der Waals surface area contributed by atoms with Crippen molar-refractivity contribution in [1.29, 1.82) is 0 Å². The molecule has 4 amide bonds. The van der Waals surface area contributed by atoms with Gasteiger partial charge in [0.15, 0.2) is 11.5 Å². The van der Waals surface area contributed by atoms with Gasteiger partial charge >= 0.3 is 6.03 Å². The molecule has 8 nitrogen and oxygen atoms in total. The molecular formula is C21H29N3O5. The van der Waals surface area contributed by atoms with E-state index in [1.807, 2.05) is 0 Å². The number of nitrogens with one attached hydrogen (secondary N) is 2. The summed E-state index contributed by atoms with van der Waals surface area (Å²) >= 11 is 0. The fourth-order valence-electron chi connectivity index (χ4n) is 4.91. The molecule has 158 valence electrons. The molecule has 1 aromatic rings. The smallest absolute Gasteiger partial charge is 0.325 e. The Morgan fingerprint density at radius 3 is 2.52 bits per heavy atom. The van der Waals surface area contributed by atoms with E-state index in [0.717, 1.165) is 11.3 Å². The Kier molecular flexibility index (Phi) is 5.47. The first kappa shape index (κ1) is 21.0. The summed E-state index contributed by atoms with van der Waals surface area (Å²) in [6, 6.07) is 4.44. The highest BCUT2D eigenvalue weighted by molar-refractivity contribution is 6.10. The number of hydrogen-bond acceptors (Lipinski definition) is 5. The van der Waals surface area contributed by atoms with Crippen molar-refractivity contribution in [2.45, 2.75) is 45.6 Å². The number of methoxy groups -OCH3 is 2. The molecule has 1 aliphatic heterocycles. The van der Waals surface area contributed by atoms with Crippen molar-refractivity contribution in [3.8, 4) is 11.5 Å². The molecule has 3 rings (SSSR count). The first-order chi connectivity index (χ1) is 13.6. The Bertz CT molecular complexity index is 838. The molecule has 1 spiro atoms. The van der Waals surface area contributed by atoms with E-state index >= 15 is 0 Å². The molecule has 0 radical (unpaired) electrons. The van der Waals surface area contributed by atoms with Gasteiger partial charge in [0.05, 0.1) is 14.2 Å². The van der Waals surface area contributed by atoms with Crippen LogP contribution in [0.5, 0.6) is 11.5 Å². The average molecular weight is 403 g/mol. The van der Waals surface area contributed by atoms with Crippen molar-refractivity contribution in [3.63, 3.8) is 0 Å². The number of nitrogens with zero attached hydrogens (tertiary/aromatic N) is 1. The lowest BCUT2D eigenvalue weighted by molar-refractivity contribution is -0.136. The van der Waals surface area contributed by atoms with E-state index in [1.54, 1.807) is 18.2 Å². The molecule has 2 N–H and O–H groups in total. The molecule has 8 heteroatoms. The molecule has 1 aliphatic carbocycles. The largest absolute Gasteiger partial charge is 0.493 e. The number of hydrogen-bond donors (Lipinski definition) is 2. The number of amides is 4. The number of carbonyl (C=O) groups excluding carboxylic acids is 3. The monoisotopic (exact) mass is 403 g/mol. The summed E-state index contributed by atoms with van der Waals surface area (Å²) in [7, 11) is 3.03. The van der Waals surface area contributed by atoms with Crippen LogP contribution in [0.1, 0.15) is 40.0 Å². The van der Waals surface area contributed by atoms with E-state index in [4.69, 9.17) is 9.47 Å². The quantitative estimate of drug-likeness (QED) is 0.737. The van der Waals surface area contributed by atoms with E-state index in [0.29, 0.717) is 35.9 Å². The van der Waals surface area contributed by atoms with Crippen molar-refractivity contribution in [2.24, 2.45) is 11.3 Å². The lowest BCUT2D eigenvalue weighted by Gasteiger charge is -2.43. The molecular weight excluding hydrogens is 374 g/mol. The number of imide groups is 1.